The van der Waals surface area contributed by atoms with E-state index in [1.807, 2.05) is 45.0 Å². The van der Waals surface area contributed by atoms with Crippen LogP contribution < -0.4 is 15.8 Å². The van der Waals surface area contributed by atoms with Crippen molar-refractivity contribution in [1.29, 1.82) is 0 Å². The number of carbonyl (C=O) groups is 1. The Labute approximate surface area is 256 Å². The van der Waals surface area contributed by atoms with Crippen LogP contribution in [0.15, 0.2) is 70.5 Å². The topological polar surface area (TPSA) is 140 Å². The lowest BCUT2D eigenvalue weighted by molar-refractivity contribution is 0.0240. The summed E-state index contributed by atoms with van der Waals surface area (Å²) in [6, 6.07) is 13.0. The van der Waals surface area contributed by atoms with Crippen LogP contribution >= 0.6 is 0 Å². The quantitative estimate of drug-likeness (QED) is 0.300. The van der Waals surface area contributed by atoms with Gasteiger partial charge >= 0.3 is 6.09 Å². The highest BCUT2D eigenvalue weighted by molar-refractivity contribution is 7.92. The third-order valence-electron chi connectivity index (χ3n) is 6.65. The van der Waals surface area contributed by atoms with Crippen molar-refractivity contribution >= 4 is 50.0 Å². The van der Waals surface area contributed by atoms with E-state index in [-0.39, 0.29) is 24.0 Å². The van der Waals surface area contributed by atoms with Gasteiger partial charge in [0.25, 0.3) is 5.56 Å². The molecule has 44 heavy (non-hydrogen) atoms. The van der Waals surface area contributed by atoms with Gasteiger partial charge in [0.05, 0.1) is 6.54 Å². The fourth-order valence-electron chi connectivity index (χ4n) is 4.77. The van der Waals surface area contributed by atoms with Gasteiger partial charge < -0.3 is 19.9 Å². The number of allylic oxidation sites excluding steroid dienone is 1. The summed E-state index contributed by atoms with van der Waals surface area (Å²) in [5, 5.41) is 3.54. The van der Waals surface area contributed by atoms with Crippen molar-refractivity contribution in [1.82, 2.24) is 29.2 Å². The first-order valence-corrected chi connectivity index (χ1v) is 16.5. The van der Waals surface area contributed by atoms with Crippen LogP contribution in [-0.2, 0) is 21.0 Å². The van der Waals surface area contributed by atoms with Crippen molar-refractivity contribution < 1.29 is 13.7 Å². The molecule has 1 aromatic carbocycles. The molecule has 0 saturated carbocycles. The van der Waals surface area contributed by atoms with Gasteiger partial charge in [-0.1, -0.05) is 12.1 Å². The number of anilines is 3. The average Bonchev–Trinajstić information content (AvgIpc) is 3.22. The minimum absolute atomic E-state index is 0.215. The van der Waals surface area contributed by atoms with Crippen molar-refractivity contribution in [3.8, 4) is 5.82 Å². The fraction of sp³-hybridized carbons (Fsp3) is 0.367. The van der Waals surface area contributed by atoms with Crippen molar-refractivity contribution in [2.45, 2.75) is 32.9 Å². The molecule has 0 radical (unpaired) electrons. The normalized spacial score (nSPS) is 14.0. The maximum absolute atomic E-state index is 13.3. The van der Waals surface area contributed by atoms with Gasteiger partial charge in [0.1, 0.15) is 11.0 Å². The molecule has 232 valence electrons. The maximum atomic E-state index is 13.3. The van der Waals surface area contributed by atoms with E-state index in [1.165, 1.54) is 23.4 Å². The monoisotopic (exact) mass is 619 g/mol. The highest BCUT2D eigenvalue weighted by Crippen LogP contribution is 2.24. The molecule has 1 amide bonds. The molecule has 0 aliphatic carbocycles. The first-order chi connectivity index (χ1) is 20.8. The highest BCUT2D eigenvalue weighted by Gasteiger charge is 2.26. The molecule has 13 nitrogen and oxygen atoms in total. The Hall–Kier alpha value is -4.72. The number of benzene rings is 1. The Morgan fingerprint density at radius 2 is 1.80 bits per heavy atom. The highest BCUT2D eigenvalue weighted by atomic mass is 32.2. The molecule has 1 aliphatic rings. The zero-order valence-electron chi connectivity index (χ0n) is 25.6. The molecular weight excluding hydrogens is 582 g/mol. The molecule has 0 atom stereocenters. The molecule has 4 aromatic rings. The van der Waals surface area contributed by atoms with Gasteiger partial charge in [-0.15, -0.1) is 6.58 Å². The zero-order valence-corrected chi connectivity index (χ0v) is 26.4. The summed E-state index contributed by atoms with van der Waals surface area (Å²) < 4.78 is 25.0. The van der Waals surface area contributed by atoms with E-state index in [2.05, 4.69) is 36.1 Å². The number of nitrogens with zero attached hydrogens (tertiary/aromatic N) is 8. The number of pyridine rings is 1. The second kappa shape index (κ2) is 12.1. The van der Waals surface area contributed by atoms with Crippen molar-refractivity contribution in [2.24, 2.45) is 4.36 Å². The standard InChI is InChI=1S/C30H37N9O4S/c1-7-15-38-27(40)23-20-31-28(34-26(23)39(38)25-10-8-9-24(33-25)35-44(5,6)42)32-21-11-13-22(14-12-21)36-16-18-37(19-17-36)29(41)43-30(2,3)4/h7-14,20H,1,15-19H2,2-6H3,(H,31,32,34). The van der Waals surface area contributed by atoms with Crippen LogP contribution in [0.1, 0.15) is 20.8 Å². The summed E-state index contributed by atoms with van der Waals surface area (Å²) in [6.45, 7) is 12.1. The SMILES string of the molecule is C=CCn1c(=O)c2cnc(Nc3ccc(N4CCN(C(=O)OC(C)(C)C)CC4)cc3)nc2n1-c1cccc(N=S(C)(C)=O)n1. The maximum Gasteiger partial charge on any atom is 0.410 e. The van der Waals surface area contributed by atoms with E-state index in [0.29, 0.717) is 49.0 Å². The van der Waals surface area contributed by atoms with E-state index < -0.39 is 15.3 Å². The van der Waals surface area contributed by atoms with Gasteiger partial charge in [0.15, 0.2) is 17.3 Å². The lowest BCUT2D eigenvalue weighted by atomic mass is 10.2. The number of fused-ring (bicyclic) bond motifs is 1. The van der Waals surface area contributed by atoms with Crippen LogP contribution in [0, 0.1) is 0 Å². The Morgan fingerprint density at radius 1 is 1.09 bits per heavy atom. The first kappa shape index (κ1) is 30.7. The second-order valence-corrected chi connectivity index (χ2v) is 14.2. The molecule has 0 bridgehead atoms. The summed E-state index contributed by atoms with van der Waals surface area (Å²) in [6.07, 6.45) is 5.88. The number of piperazine rings is 1. The molecule has 4 heterocycles. The second-order valence-electron chi connectivity index (χ2n) is 11.7. The third kappa shape index (κ3) is 7.08. The minimum atomic E-state index is -2.44. The fourth-order valence-corrected chi connectivity index (χ4v) is 5.33. The molecule has 5 rings (SSSR count). The van der Waals surface area contributed by atoms with Crippen molar-refractivity contribution in [2.75, 3.05) is 48.9 Å². The molecule has 0 unspecified atom stereocenters. The van der Waals surface area contributed by atoms with Gasteiger partial charge in [0.2, 0.25) is 5.95 Å². The predicted molar refractivity (Wildman–Crippen MR) is 173 cm³/mol. The third-order valence-corrected chi connectivity index (χ3v) is 7.27. The Balaban J connectivity index is 1.37. The number of carbonyl (C=O) groups excluding carboxylic acids is 1. The molecule has 3 aromatic heterocycles. The number of hydrogen-bond acceptors (Lipinski definition) is 10. The smallest absolute Gasteiger partial charge is 0.410 e. The van der Waals surface area contributed by atoms with Gasteiger partial charge in [-0.05, 0) is 57.2 Å². The van der Waals surface area contributed by atoms with Gasteiger partial charge in [0, 0.05) is 66.0 Å². The van der Waals surface area contributed by atoms with E-state index in [4.69, 9.17) is 4.74 Å². The summed E-state index contributed by atoms with van der Waals surface area (Å²) in [5.41, 5.74) is 1.34. The number of rotatable bonds is 7. The van der Waals surface area contributed by atoms with Gasteiger partial charge in [-0.3, -0.25) is 4.79 Å². The van der Waals surface area contributed by atoms with Crippen LogP contribution in [0.3, 0.4) is 0 Å². The number of amides is 1. The molecule has 0 spiro atoms. The van der Waals surface area contributed by atoms with Crippen molar-refractivity contribution in [3.05, 3.63) is 71.7 Å². The Bertz CT molecular complexity index is 1870. The van der Waals surface area contributed by atoms with E-state index in [9.17, 15) is 13.8 Å². The lowest BCUT2D eigenvalue weighted by Crippen LogP contribution is -2.50. The summed E-state index contributed by atoms with van der Waals surface area (Å²) in [4.78, 5) is 43.2. The first-order valence-electron chi connectivity index (χ1n) is 14.2. The van der Waals surface area contributed by atoms with Crippen molar-refractivity contribution in [3.63, 3.8) is 0 Å². The molecule has 1 fully saturated rings. The predicted octanol–water partition coefficient (Wildman–Crippen LogP) is 4.32. The van der Waals surface area contributed by atoms with Crippen LogP contribution in [-0.4, -0.2) is 83.8 Å². The molecule has 1 aliphatic heterocycles. The van der Waals surface area contributed by atoms with Crippen LogP contribution in [0.2, 0.25) is 0 Å². The van der Waals surface area contributed by atoms with Gasteiger partial charge in [-0.25, -0.2) is 28.3 Å². The lowest BCUT2D eigenvalue weighted by Gasteiger charge is -2.36. The van der Waals surface area contributed by atoms with E-state index in [0.717, 1.165) is 11.4 Å². The van der Waals surface area contributed by atoms with Gasteiger partial charge in [-0.2, -0.15) is 9.35 Å². The number of ether oxygens (including phenoxy) is 1. The average molecular weight is 620 g/mol. The minimum Gasteiger partial charge on any atom is -0.444 e. The molecular formula is C30H37N9O4S. The number of aromatic nitrogens is 5. The van der Waals surface area contributed by atoms with Crippen LogP contribution in [0.5, 0.6) is 0 Å². The number of hydrogen-bond donors (Lipinski definition) is 1. The Kier molecular flexibility index (Phi) is 8.46. The van der Waals surface area contributed by atoms with Crippen LogP contribution in [0.25, 0.3) is 16.9 Å². The molecule has 1 saturated heterocycles. The number of nitrogens with one attached hydrogen (secondary N) is 1. The summed E-state index contributed by atoms with van der Waals surface area (Å²) in [5.74, 6) is 0.979. The molecule has 14 heteroatoms. The van der Waals surface area contributed by atoms with E-state index >= 15 is 0 Å². The Morgan fingerprint density at radius 3 is 2.43 bits per heavy atom. The molecule has 1 N–H and O–H groups in total. The van der Waals surface area contributed by atoms with E-state index in [1.54, 1.807) is 33.9 Å². The largest absolute Gasteiger partial charge is 0.444 e. The van der Waals surface area contributed by atoms with Crippen LogP contribution in [0.4, 0.5) is 27.9 Å². The summed E-state index contributed by atoms with van der Waals surface area (Å²) in [7, 11) is -2.44. The zero-order chi connectivity index (χ0) is 31.6. The summed E-state index contributed by atoms with van der Waals surface area (Å²) >= 11 is 0.